The van der Waals surface area contributed by atoms with Crippen molar-refractivity contribution in [3.63, 3.8) is 0 Å². The van der Waals surface area contributed by atoms with E-state index in [0.29, 0.717) is 12.0 Å². The molecule has 1 unspecified atom stereocenters. The van der Waals surface area contributed by atoms with Gasteiger partial charge in [0.2, 0.25) is 0 Å². The molecule has 3 rings (SSSR count). The van der Waals surface area contributed by atoms with E-state index in [-0.39, 0.29) is 24.0 Å². The minimum Gasteiger partial charge on any atom is -0.491 e. The van der Waals surface area contributed by atoms with Gasteiger partial charge in [0.25, 0.3) is 6.47 Å². The number of halogens is 1. The average molecular weight is 521 g/mol. The van der Waals surface area contributed by atoms with Crippen LogP contribution in [-0.2, 0) is 21.6 Å². The van der Waals surface area contributed by atoms with Crippen molar-refractivity contribution in [2.75, 3.05) is 6.61 Å². The van der Waals surface area contributed by atoms with Gasteiger partial charge in [-0.05, 0) is 77.6 Å². The summed E-state index contributed by atoms with van der Waals surface area (Å²) >= 11 is 0. The van der Waals surface area contributed by atoms with E-state index >= 15 is 0 Å². The molecule has 0 aliphatic carbocycles. The lowest BCUT2D eigenvalue weighted by Gasteiger charge is -2.34. The van der Waals surface area contributed by atoms with Crippen LogP contribution in [0.2, 0.25) is 0 Å². The van der Waals surface area contributed by atoms with Crippen LogP contribution in [0.15, 0.2) is 54.6 Å². The van der Waals surface area contributed by atoms with Crippen LogP contribution in [0.3, 0.4) is 0 Å². The summed E-state index contributed by atoms with van der Waals surface area (Å²) in [4.78, 5) is 10.4. The second-order valence-electron chi connectivity index (χ2n) is 11.2. The molecule has 3 aromatic rings. The number of hydrogen-bond donors (Lipinski definition) is 1. The number of aliphatic hydroxyl groups is 1. The normalized spacial score (nSPS) is 12.8. The van der Waals surface area contributed by atoms with Gasteiger partial charge in [-0.15, -0.1) is 0 Å². The van der Waals surface area contributed by atoms with E-state index < -0.39 is 11.9 Å². The van der Waals surface area contributed by atoms with Crippen molar-refractivity contribution in [3.05, 3.63) is 88.2 Å². The summed E-state index contributed by atoms with van der Waals surface area (Å²) in [5, 5.41) is 10.4. The Morgan fingerprint density at radius 3 is 2.08 bits per heavy atom. The minimum atomic E-state index is -0.553. The lowest BCUT2D eigenvalue weighted by Crippen LogP contribution is -2.32. The van der Waals surface area contributed by atoms with Gasteiger partial charge in [-0.2, -0.15) is 0 Å². The van der Waals surface area contributed by atoms with E-state index in [4.69, 9.17) is 9.47 Å². The van der Waals surface area contributed by atoms with Crippen molar-refractivity contribution >= 4 is 6.47 Å². The quantitative estimate of drug-likeness (QED) is 0.264. The van der Waals surface area contributed by atoms with Gasteiger partial charge in [0.05, 0.1) is 6.10 Å². The molecule has 0 aliphatic heterocycles. The Hall–Kier alpha value is -3.18. The van der Waals surface area contributed by atoms with Crippen LogP contribution in [-0.4, -0.2) is 24.3 Å². The molecule has 0 saturated heterocycles. The third-order valence-electron chi connectivity index (χ3n) is 7.78. The first-order valence-corrected chi connectivity index (χ1v) is 13.3. The van der Waals surface area contributed by atoms with Gasteiger partial charge < -0.3 is 14.6 Å². The SMILES string of the molecule is CCC(CC)(c1ccc(OCC(O)C(C)(C)C)c(C)c1)c1ccc(-c2ccc(COC=O)c(F)c2)c(C)c1. The Bertz CT molecular complexity index is 1250. The maximum atomic E-state index is 14.6. The molecular weight excluding hydrogens is 479 g/mol. The highest BCUT2D eigenvalue weighted by Crippen LogP contribution is 2.42. The predicted octanol–water partition coefficient (Wildman–Crippen LogP) is 7.67. The number of ether oxygens (including phenoxy) is 2. The molecule has 0 heterocycles. The molecule has 0 fully saturated rings. The van der Waals surface area contributed by atoms with Crippen LogP contribution in [0.1, 0.15) is 75.3 Å². The van der Waals surface area contributed by atoms with Gasteiger partial charge >= 0.3 is 0 Å². The van der Waals surface area contributed by atoms with Crippen molar-refractivity contribution < 1.29 is 23.8 Å². The molecule has 0 saturated carbocycles. The molecular formula is C33H41FO4. The molecule has 0 radical (unpaired) electrons. The lowest BCUT2D eigenvalue weighted by molar-refractivity contribution is -0.129. The first-order valence-electron chi connectivity index (χ1n) is 13.3. The Balaban J connectivity index is 1.92. The number of aliphatic hydroxyl groups excluding tert-OH is 1. The molecule has 3 aromatic carbocycles. The van der Waals surface area contributed by atoms with E-state index in [2.05, 4.69) is 51.1 Å². The van der Waals surface area contributed by atoms with Crippen LogP contribution >= 0.6 is 0 Å². The molecule has 204 valence electrons. The Morgan fingerprint density at radius 2 is 1.55 bits per heavy atom. The summed E-state index contributed by atoms with van der Waals surface area (Å²) in [5.74, 6) is 0.394. The molecule has 1 atom stereocenters. The highest BCUT2D eigenvalue weighted by molar-refractivity contribution is 5.68. The number of hydrogen-bond acceptors (Lipinski definition) is 4. The Morgan fingerprint density at radius 1 is 0.921 bits per heavy atom. The van der Waals surface area contributed by atoms with Crippen molar-refractivity contribution in [2.24, 2.45) is 5.41 Å². The zero-order valence-corrected chi connectivity index (χ0v) is 23.7. The van der Waals surface area contributed by atoms with E-state index in [9.17, 15) is 14.3 Å². The van der Waals surface area contributed by atoms with Crippen LogP contribution in [0.4, 0.5) is 4.39 Å². The Labute approximate surface area is 226 Å². The highest BCUT2D eigenvalue weighted by Gasteiger charge is 2.32. The standard InChI is InChI=1S/C33H41FO4/c1-8-33(9-2,27-13-15-30(23(4)17-27)38-20-31(36)32(5,6)7)26-12-14-28(22(3)16-26)24-10-11-25(19-37-21-35)29(34)18-24/h10-18,21,31,36H,8-9,19-20H2,1-7H3. The van der Waals surface area contributed by atoms with Gasteiger partial charge in [-0.1, -0.05) is 77.1 Å². The summed E-state index contributed by atoms with van der Waals surface area (Å²) in [6.45, 7) is 15.0. The second-order valence-corrected chi connectivity index (χ2v) is 11.2. The lowest BCUT2D eigenvalue weighted by atomic mass is 9.69. The third-order valence-corrected chi connectivity index (χ3v) is 7.78. The third kappa shape index (κ3) is 6.27. The van der Waals surface area contributed by atoms with E-state index in [1.54, 1.807) is 6.07 Å². The number of carbonyl (C=O) groups excluding carboxylic acids is 1. The predicted molar refractivity (Wildman–Crippen MR) is 151 cm³/mol. The van der Waals surface area contributed by atoms with Crippen LogP contribution in [0, 0.1) is 25.1 Å². The summed E-state index contributed by atoms with van der Waals surface area (Å²) < 4.78 is 25.3. The molecule has 0 aliphatic rings. The molecule has 0 spiro atoms. The maximum Gasteiger partial charge on any atom is 0.293 e. The van der Waals surface area contributed by atoms with Gasteiger partial charge in [0.1, 0.15) is 24.8 Å². The van der Waals surface area contributed by atoms with Crippen molar-refractivity contribution in [1.82, 2.24) is 0 Å². The molecule has 0 aromatic heterocycles. The maximum absolute atomic E-state index is 14.6. The summed E-state index contributed by atoms with van der Waals surface area (Å²) in [7, 11) is 0. The topological polar surface area (TPSA) is 55.8 Å². The van der Waals surface area contributed by atoms with E-state index in [0.717, 1.165) is 40.8 Å². The fraction of sp³-hybridized carbons (Fsp3) is 0.424. The summed E-state index contributed by atoms with van der Waals surface area (Å²) in [5.41, 5.74) is 6.23. The summed E-state index contributed by atoms with van der Waals surface area (Å²) in [6, 6.07) is 17.8. The number of benzene rings is 3. The molecule has 4 nitrogen and oxygen atoms in total. The number of rotatable bonds is 11. The minimum absolute atomic E-state index is 0.0799. The molecule has 5 heteroatoms. The average Bonchev–Trinajstić information content (AvgIpc) is 2.88. The number of aryl methyl sites for hydroxylation is 2. The molecule has 0 amide bonds. The van der Waals surface area contributed by atoms with E-state index in [1.165, 1.54) is 17.2 Å². The molecule has 1 N–H and O–H groups in total. The highest BCUT2D eigenvalue weighted by atomic mass is 19.1. The van der Waals surface area contributed by atoms with Crippen molar-refractivity contribution in [3.8, 4) is 16.9 Å². The zero-order valence-electron chi connectivity index (χ0n) is 23.7. The largest absolute Gasteiger partial charge is 0.491 e. The Kier molecular flexibility index (Phi) is 9.37. The van der Waals surface area contributed by atoms with E-state index in [1.807, 2.05) is 39.8 Å². The fourth-order valence-corrected chi connectivity index (χ4v) is 5.00. The van der Waals surface area contributed by atoms with Gasteiger partial charge in [-0.3, -0.25) is 4.79 Å². The molecule has 0 bridgehead atoms. The molecule has 38 heavy (non-hydrogen) atoms. The van der Waals surface area contributed by atoms with Crippen molar-refractivity contribution in [2.45, 2.75) is 79.4 Å². The van der Waals surface area contributed by atoms with Crippen LogP contribution in [0.25, 0.3) is 11.1 Å². The zero-order chi connectivity index (χ0) is 28.1. The van der Waals surface area contributed by atoms with Crippen molar-refractivity contribution in [1.29, 1.82) is 0 Å². The van der Waals surface area contributed by atoms with Gasteiger partial charge in [-0.25, -0.2) is 4.39 Å². The van der Waals surface area contributed by atoms with Gasteiger partial charge in [0.15, 0.2) is 0 Å². The fourth-order valence-electron chi connectivity index (χ4n) is 5.00. The first-order chi connectivity index (χ1) is 18.0. The monoisotopic (exact) mass is 520 g/mol. The second kappa shape index (κ2) is 12.1. The smallest absolute Gasteiger partial charge is 0.293 e. The first kappa shape index (κ1) is 29.4. The number of carbonyl (C=O) groups is 1. The van der Waals surface area contributed by atoms with Crippen LogP contribution in [0.5, 0.6) is 5.75 Å². The summed E-state index contributed by atoms with van der Waals surface area (Å²) in [6.07, 6.45) is 1.29. The van der Waals surface area contributed by atoms with Crippen LogP contribution < -0.4 is 4.74 Å². The van der Waals surface area contributed by atoms with Gasteiger partial charge in [0, 0.05) is 11.0 Å².